The van der Waals surface area contributed by atoms with Gasteiger partial charge in [-0.1, -0.05) is 0 Å². The van der Waals surface area contributed by atoms with Gasteiger partial charge in [-0.2, -0.15) is 0 Å². The average Bonchev–Trinajstić information content (AvgIpc) is 3.05. The van der Waals surface area contributed by atoms with Gasteiger partial charge in [0.05, 0.1) is 10.6 Å². The van der Waals surface area contributed by atoms with Crippen LogP contribution in [-0.2, 0) is 10.0 Å². The van der Waals surface area contributed by atoms with Crippen molar-refractivity contribution in [1.29, 1.82) is 0 Å². The Kier molecular flexibility index (Phi) is 2.86. The number of nitrogens with one attached hydrogen (secondary N) is 2. The number of anilines is 1. The summed E-state index contributed by atoms with van der Waals surface area (Å²) < 4.78 is 38.5. The predicted octanol–water partition coefficient (Wildman–Crippen LogP) is 1.31. The maximum Gasteiger partial charge on any atom is 0.240 e. The van der Waals surface area contributed by atoms with E-state index in [0.29, 0.717) is 11.7 Å². The lowest BCUT2D eigenvalue weighted by molar-refractivity contribution is 0.584. The lowest BCUT2D eigenvalue weighted by Crippen LogP contribution is -2.18. The summed E-state index contributed by atoms with van der Waals surface area (Å²) in [5.74, 6) is -0.539. The van der Waals surface area contributed by atoms with Gasteiger partial charge in [0.25, 0.3) is 0 Å². The molecule has 1 aromatic rings. The third kappa shape index (κ3) is 2.33. The van der Waals surface area contributed by atoms with Crippen LogP contribution in [0.1, 0.15) is 12.8 Å². The first-order chi connectivity index (χ1) is 7.53. The van der Waals surface area contributed by atoms with Crippen LogP contribution in [-0.4, -0.2) is 21.5 Å². The third-order valence-electron chi connectivity index (χ3n) is 2.46. The second-order valence-corrected chi connectivity index (χ2v) is 5.65. The molecule has 0 amide bonds. The summed E-state index contributed by atoms with van der Waals surface area (Å²) in [6.45, 7) is 0. The van der Waals surface area contributed by atoms with Crippen LogP contribution in [0, 0.1) is 5.82 Å². The number of benzene rings is 1. The van der Waals surface area contributed by atoms with Crippen molar-refractivity contribution in [3.8, 4) is 0 Å². The fourth-order valence-electron chi connectivity index (χ4n) is 1.35. The molecule has 88 valence electrons. The van der Waals surface area contributed by atoms with E-state index in [1.807, 2.05) is 0 Å². The standard InChI is InChI=1S/C10H13FN2O2S/c1-12-16(14,15)8-4-5-10(9(11)6-8)13-7-2-3-7/h4-7,12-13H,2-3H2,1H3. The molecule has 0 saturated heterocycles. The van der Waals surface area contributed by atoms with Crippen molar-refractivity contribution in [1.82, 2.24) is 4.72 Å². The maximum absolute atomic E-state index is 13.6. The Morgan fingerprint density at radius 1 is 1.38 bits per heavy atom. The quantitative estimate of drug-likeness (QED) is 0.839. The molecule has 0 atom stereocenters. The molecule has 0 unspecified atom stereocenters. The number of halogens is 1. The van der Waals surface area contributed by atoms with Crippen LogP contribution in [0.3, 0.4) is 0 Å². The molecule has 1 fully saturated rings. The Morgan fingerprint density at radius 2 is 2.06 bits per heavy atom. The van der Waals surface area contributed by atoms with E-state index in [-0.39, 0.29) is 4.90 Å². The van der Waals surface area contributed by atoms with Crippen molar-refractivity contribution in [3.63, 3.8) is 0 Å². The molecule has 6 heteroatoms. The normalized spacial score (nSPS) is 16.1. The molecule has 0 spiro atoms. The Balaban J connectivity index is 2.28. The zero-order chi connectivity index (χ0) is 11.8. The fourth-order valence-corrected chi connectivity index (χ4v) is 2.09. The lowest BCUT2D eigenvalue weighted by atomic mass is 10.3. The van der Waals surface area contributed by atoms with Crippen molar-refractivity contribution in [2.45, 2.75) is 23.8 Å². The molecule has 4 nitrogen and oxygen atoms in total. The van der Waals surface area contributed by atoms with Crippen LogP contribution in [0.5, 0.6) is 0 Å². The summed E-state index contributed by atoms with van der Waals surface area (Å²) in [6.07, 6.45) is 2.08. The van der Waals surface area contributed by atoms with Crippen molar-refractivity contribution in [2.75, 3.05) is 12.4 Å². The van der Waals surface area contributed by atoms with E-state index in [4.69, 9.17) is 0 Å². The van der Waals surface area contributed by atoms with Gasteiger partial charge in [-0.05, 0) is 38.1 Å². The van der Waals surface area contributed by atoms with Gasteiger partial charge in [0.15, 0.2) is 0 Å². The molecule has 0 aliphatic heterocycles. The lowest BCUT2D eigenvalue weighted by Gasteiger charge is -2.08. The van der Waals surface area contributed by atoms with Crippen molar-refractivity contribution in [2.24, 2.45) is 0 Å². The molecule has 16 heavy (non-hydrogen) atoms. The third-order valence-corrected chi connectivity index (χ3v) is 3.87. The van der Waals surface area contributed by atoms with E-state index in [2.05, 4.69) is 10.0 Å². The topological polar surface area (TPSA) is 58.2 Å². The van der Waals surface area contributed by atoms with Crippen LogP contribution in [0.15, 0.2) is 23.1 Å². The Hall–Kier alpha value is -1.14. The minimum Gasteiger partial charge on any atom is -0.380 e. The van der Waals surface area contributed by atoms with Gasteiger partial charge in [0.1, 0.15) is 5.82 Å². The molecular weight excluding hydrogens is 231 g/mol. The number of rotatable bonds is 4. The zero-order valence-corrected chi connectivity index (χ0v) is 9.64. The zero-order valence-electron chi connectivity index (χ0n) is 8.83. The van der Waals surface area contributed by atoms with Crippen LogP contribution >= 0.6 is 0 Å². The largest absolute Gasteiger partial charge is 0.380 e. The SMILES string of the molecule is CNS(=O)(=O)c1ccc(NC2CC2)c(F)c1. The molecule has 0 bridgehead atoms. The van der Waals surface area contributed by atoms with Crippen molar-refractivity contribution < 1.29 is 12.8 Å². The molecule has 1 aliphatic carbocycles. The highest BCUT2D eigenvalue weighted by molar-refractivity contribution is 7.89. The Bertz CT molecular complexity index is 498. The van der Waals surface area contributed by atoms with Gasteiger partial charge in [-0.3, -0.25) is 0 Å². The maximum atomic E-state index is 13.6. The molecule has 0 aromatic heterocycles. The van der Waals surface area contributed by atoms with Crippen molar-refractivity contribution >= 4 is 15.7 Å². The van der Waals surface area contributed by atoms with Crippen LogP contribution in [0.2, 0.25) is 0 Å². The highest BCUT2D eigenvalue weighted by atomic mass is 32.2. The van der Waals surface area contributed by atoms with E-state index >= 15 is 0 Å². The second kappa shape index (κ2) is 4.03. The summed E-state index contributed by atoms with van der Waals surface area (Å²) in [7, 11) is -2.27. The minimum absolute atomic E-state index is 0.0613. The first kappa shape index (κ1) is 11.3. The molecule has 2 rings (SSSR count). The molecule has 1 saturated carbocycles. The van der Waals surface area contributed by atoms with Gasteiger partial charge in [0, 0.05) is 6.04 Å². The van der Waals surface area contributed by atoms with Gasteiger partial charge >= 0.3 is 0 Å². The van der Waals surface area contributed by atoms with E-state index in [1.54, 1.807) is 0 Å². The molecular formula is C10H13FN2O2S. The average molecular weight is 244 g/mol. The highest BCUT2D eigenvalue weighted by Gasteiger charge is 2.22. The van der Waals surface area contributed by atoms with Gasteiger partial charge in [0.2, 0.25) is 10.0 Å². The molecule has 2 N–H and O–H groups in total. The van der Waals surface area contributed by atoms with E-state index in [0.717, 1.165) is 18.9 Å². The number of sulfonamides is 1. The molecule has 0 heterocycles. The molecule has 1 aromatic carbocycles. The Labute approximate surface area is 93.9 Å². The summed E-state index contributed by atoms with van der Waals surface area (Å²) in [6, 6.07) is 4.20. The first-order valence-corrected chi connectivity index (χ1v) is 6.51. The van der Waals surface area contributed by atoms with Crippen LogP contribution in [0.25, 0.3) is 0 Å². The van der Waals surface area contributed by atoms with Crippen LogP contribution < -0.4 is 10.0 Å². The van der Waals surface area contributed by atoms with Gasteiger partial charge < -0.3 is 5.32 Å². The van der Waals surface area contributed by atoms with Crippen LogP contribution in [0.4, 0.5) is 10.1 Å². The van der Waals surface area contributed by atoms with E-state index in [9.17, 15) is 12.8 Å². The number of hydrogen-bond acceptors (Lipinski definition) is 3. The predicted molar refractivity (Wildman–Crippen MR) is 59.3 cm³/mol. The monoisotopic (exact) mass is 244 g/mol. The highest BCUT2D eigenvalue weighted by Crippen LogP contribution is 2.27. The minimum atomic E-state index is -3.57. The summed E-state index contributed by atoms with van der Waals surface area (Å²) in [5.41, 5.74) is 0.359. The Morgan fingerprint density at radius 3 is 2.56 bits per heavy atom. The smallest absolute Gasteiger partial charge is 0.240 e. The second-order valence-electron chi connectivity index (χ2n) is 3.77. The molecule has 1 aliphatic rings. The fraction of sp³-hybridized carbons (Fsp3) is 0.400. The first-order valence-electron chi connectivity index (χ1n) is 5.02. The van der Waals surface area contributed by atoms with E-state index in [1.165, 1.54) is 19.2 Å². The summed E-state index contributed by atoms with van der Waals surface area (Å²) >= 11 is 0. The van der Waals surface area contributed by atoms with E-state index < -0.39 is 15.8 Å². The molecule has 0 radical (unpaired) electrons. The summed E-state index contributed by atoms with van der Waals surface area (Å²) in [5, 5.41) is 2.99. The van der Waals surface area contributed by atoms with Gasteiger partial charge in [-0.25, -0.2) is 17.5 Å². The van der Waals surface area contributed by atoms with Crippen molar-refractivity contribution in [3.05, 3.63) is 24.0 Å². The summed E-state index contributed by atoms with van der Waals surface area (Å²) in [4.78, 5) is -0.0613. The van der Waals surface area contributed by atoms with Gasteiger partial charge in [-0.15, -0.1) is 0 Å². The number of hydrogen-bond donors (Lipinski definition) is 2.